The Hall–Kier alpha value is -2.96. The van der Waals surface area contributed by atoms with Crippen LogP contribution in [0.25, 0.3) is 33.4 Å². The number of benzene rings is 3. The van der Waals surface area contributed by atoms with Gasteiger partial charge < -0.3 is 13.6 Å². The first kappa shape index (κ1) is 24.2. The van der Waals surface area contributed by atoms with E-state index < -0.39 is 0 Å². The number of anilines is 1. The third kappa shape index (κ3) is 4.93. The number of hydrogen-bond acceptors (Lipinski definition) is 5. The van der Waals surface area contributed by atoms with Crippen molar-refractivity contribution in [3.05, 3.63) is 72.5 Å². The Morgan fingerprint density at radius 3 is 2.32 bits per heavy atom. The second kappa shape index (κ2) is 11.0. The molecule has 0 aliphatic rings. The van der Waals surface area contributed by atoms with Crippen LogP contribution in [0, 0.1) is 11.7 Å². The molecule has 4 nitrogen and oxygen atoms in total. The molecule has 3 aromatic carbocycles. The summed E-state index contributed by atoms with van der Waals surface area (Å²) >= 11 is 1.73. The van der Waals surface area contributed by atoms with E-state index in [1.807, 2.05) is 6.07 Å². The fourth-order valence-corrected chi connectivity index (χ4v) is 4.92. The van der Waals surface area contributed by atoms with Crippen molar-refractivity contribution in [2.45, 2.75) is 26.7 Å². The molecule has 0 saturated carbocycles. The number of fused-ring (bicyclic) bond motifs is 1. The Labute approximate surface area is 205 Å². The molecule has 0 amide bonds. The summed E-state index contributed by atoms with van der Waals surface area (Å²) < 4.78 is 22.3. The molecule has 1 aromatic heterocycles. The largest absolute Gasteiger partial charge is 0.452 e. The maximum absolute atomic E-state index is 13.6. The lowest BCUT2D eigenvalue weighted by atomic mass is 9.99. The van der Waals surface area contributed by atoms with E-state index in [9.17, 15) is 4.39 Å². The second-order valence-corrected chi connectivity index (χ2v) is 9.04. The van der Waals surface area contributed by atoms with Gasteiger partial charge in [0.25, 0.3) is 0 Å². The number of furan rings is 1. The molecule has 1 N–H and O–H groups in total. The molecule has 34 heavy (non-hydrogen) atoms. The maximum atomic E-state index is 13.6. The van der Waals surface area contributed by atoms with Crippen LogP contribution in [0.1, 0.15) is 26.7 Å². The van der Waals surface area contributed by atoms with Gasteiger partial charge in [-0.1, -0.05) is 69.0 Å². The van der Waals surface area contributed by atoms with Crippen LogP contribution < -0.4 is 14.6 Å². The summed E-state index contributed by atoms with van der Waals surface area (Å²) in [6.45, 7) is 5.44. The summed E-state index contributed by atoms with van der Waals surface area (Å²) in [5, 5.41) is 0.861. The van der Waals surface area contributed by atoms with Crippen molar-refractivity contribution in [1.82, 2.24) is 5.48 Å². The molecule has 0 saturated heterocycles. The average molecular weight is 479 g/mol. The van der Waals surface area contributed by atoms with Crippen molar-refractivity contribution in [3.63, 3.8) is 0 Å². The predicted molar refractivity (Wildman–Crippen MR) is 142 cm³/mol. The first-order valence-electron chi connectivity index (χ1n) is 11.7. The van der Waals surface area contributed by atoms with Gasteiger partial charge in [-0.15, -0.1) is 0 Å². The van der Waals surface area contributed by atoms with E-state index in [0.29, 0.717) is 17.4 Å². The molecular weight excluding hydrogens is 447 g/mol. The molecule has 178 valence electrons. The molecule has 0 bridgehead atoms. The van der Waals surface area contributed by atoms with Gasteiger partial charge in [-0.2, -0.15) is 5.48 Å². The van der Waals surface area contributed by atoms with E-state index in [0.717, 1.165) is 52.7 Å². The molecule has 0 unspecified atom stereocenters. The van der Waals surface area contributed by atoms with Crippen LogP contribution in [0.2, 0.25) is 0 Å². The minimum Gasteiger partial charge on any atom is -0.452 e. The van der Waals surface area contributed by atoms with Gasteiger partial charge in [0.05, 0.1) is 11.1 Å². The normalized spacial score (nSPS) is 11.4. The monoisotopic (exact) mass is 478 g/mol. The highest BCUT2D eigenvalue weighted by atomic mass is 32.2. The number of halogens is 1. The SMILES string of the molecule is CCC(CC)CN(SC)c1cc2oc(-c3ccc(F)cc3)c(ONC)c2cc1-c1ccccc1. The molecule has 0 atom stereocenters. The summed E-state index contributed by atoms with van der Waals surface area (Å²) in [5.41, 5.74) is 7.61. The van der Waals surface area contributed by atoms with Gasteiger partial charge in [-0.3, -0.25) is 0 Å². The van der Waals surface area contributed by atoms with E-state index >= 15 is 0 Å². The first-order valence-corrected chi connectivity index (χ1v) is 12.8. The van der Waals surface area contributed by atoms with Crippen molar-refractivity contribution in [1.29, 1.82) is 0 Å². The van der Waals surface area contributed by atoms with Gasteiger partial charge >= 0.3 is 0 Å². The molecule has 0 aliphatic carbocycles. The highest BCUT2D eigenvalue weighted by Gasteiger charge is 2.23. The fourth-order valence-electron chi connectivity index (χ4n) is 4.21. The molecule has 0 aliphatic heterocycles. The quantitative estimate of drug-likeness (QED) is 0.185. The van der Waals surface area contributed by atoms with Crippen LogP contribution >= 0.6 is 11.9 Å². The Morgan fingerprint density at radius 1 is 1.00 bits per heavy atom. The zero-order valence-corrected chi connectivity index (χ0v) is 20.9. The van der Waals surface area contributed by atoms with Gasteiger partial charge in [-0.05, 0) is 41.8 Å². The highest BCUT2D eigenvalue weighted by Crippen LogP contribution is 2.45. The summed E-state index contributed by atoms with van der Waals surface area (Å²) in [4.78, 5) is 5.84. The molecule has 4 aromatic rings. The summed E-state index contributed by atoms with van der Waals surface area (Å²) in [5.74, 6) is 1.46. The van der Waals surface area contributed by atoms with Crippen molar-refractivity contribution in [2.24, 2.45) is 5.92 Å². The maximum Gasteiger partial charge on any atom is 0.201 e. The van der Waals surface area contributed by atoms with Gasteiger partial charge in [0.2, 0.25) is 5.75 Å². The number of hydroxylamine groups is 1. The van der Waals surface area contributed by atoms with Crippen molar-refractivity contribution >= 4 is 28.6 Å². The van der Waals surface area contributed by atoms with Gasteiger partial charge in [-0.25, -0.2) is 4.39 Å². The van der Waals surface area contributed by atoms with E-state index in [-0.39, 0.29) is 5.82 Å². The Morgan fingerprint density at radius 2 is 1.71 bits per heavy atom. The molecule has 0 spiro atoms. The van der Waals surface area contributed by atoms with E-state index in [2.05, 4.69) is 66.3 Å². The minimum absolute atomic E-state index is 0.290. The number of rotatable bonds is 10. The molecule has 6 heteroatoms. The van der Waals surface area contributed by atoms with Gasteiger partial charge in [0.15, 0.2) is 5.76 Å². The number of nitrogens with one attached hydrogen (secondary N) is 1. The first-order chi connectivity index (χ1) is 16.6. The third-order valence-corrected chi connectivity index (χ3v) is 7.01. The van der Waals surface area contributed by atoms with Crippen LogP contribution in [0.5, 0.6) is 5.75 Å². The lowest BCUT2D eigenvalue weighted by Crippen LogP contribution is -2.23. The van der Waals surface area contributed by atoms with Crippen LogP contribution in [0.3, 0.4) is 0 Å². The lowest BCUT2D eigenvalue weighted by Gasteiger charge is -2.28. The molecule has 4 rings (SSSR count). The summed E-state index contributed by atoms with van der Waals surface area (Å²) in [6, 6.07) is 20.9. The standard InChI is InChI=1S/C28H31FN2O2S/c1-5-19(6-2)18-31(34-4)25-17-26-24(16-23(25)20-10-8-7-9-11-20)28(33-30-3)27(32-26)21-12-14-22(29)15-13-21/h7-17,19,30H,5-6,18H2,1-4H3. The summed E-state index contributed by atoms with van der Waals surface area (Å²) in [6.07, 6.45) is 4.38. The van der Waals surface area contributed by atoms with Crippen molar-refractivity contribution in [3.8, 4) is 28.2 Å². The smallest absolute Gasteiger partial charge is 0.201 e. The van der Waals surface area contributed by atoms with E-state index in [1.165, 1.54) is 12.1 Å². The van der Waals surface area contributed by atoms with Crippen LogP contribution in [0.15, 0.2) is 71.1 Å². The zero-order valence-electron chi connectivity index (χ0n) is 20.1. The molecule has 1 heterocycles. The van der Waals surface area contributed by atoms with Crippen LogP contribution in [-0.2, 0) is 0 Å². The van der Waals surface area contributed by atoms with E-state index in [4.69, 9.17) is 9.25 Å². The lowest BCUT2D eigenvalue weighted by molar-refractivity contribution is 0.226. The van der Waals surface area contributed by atoms with Gasteiger partial charge in [0, 0.05) is 37.0 Å². The molecular formula is C28H31FN2O2S. The Kier molecular flexibility index (Phi) is 7.80. The molecule has 0 fully saturated rings. The highest BCUT2D eigenvalue weighted by molar-refractivity contribution is 8.00. The van der Waals surface area contributed by atoms with Crippen molar-refractivity contribution in [2.75, 3.05) is 24.2 Å². The second-order valence-electron chi connectivity index (χ2n) is 8.23. The van der Waals surface area contributed by atoms with Crippen molar-refractivity contribution < 1.29 is 13.6 Å². The molecule has 0 radical (unpaired) electrons. The van der Waals surface area contributed by atoms with Crippen LogP contribution in [0.4, 0.5) is 10.1 Å². The van der Waals surface area contributed by atoms with Crippen LogP contribution in [-0.4, -0.2) is 19.8 Å². The fraction of sp³-hybridized carbons (Fsp3) is 0.286. The Balaban J connectivity index is 1.94. The third-order valence-electron chi connectivity index (χ3n) is 6.22. The minimum atomic E-state index is -0.290. The van der Waals surface area contributed by atoms with E-state index in [1.54, 1.807) is 31.1 Å². The predicted octanol–water partition coefficient (Wildman–Crippen LogP) is 7.94. The van der Waals surface area contributed by atoms with Gasteiger partial charge in [0.1, 0.15) is 11.4 Å². The average Bonchev–Trinajstić information content (AvgIpc) is 3.22. The Bertz CT molecular complexity index is 1220. The zero-order chi connectivity index (χ0) is 24.1. The number of nitrogens with zero attached hydrogens (tertiary/aromatic N) is 1. The summed E-state index contributed by atoms with van der Waals surface area (Å²) in [7, 11) is 1.71. The topological polar surface area (TPSA) is 37.6 Å². The number of hydrogen-bond donors (Lipinski definition) is 1.